The number of aldehydes is 1. The monoisotopic (exact) mass is 1730 g/mol. The molecule has 5 aliphatic heterocycles. The minimum absolute atomic E-state index is 0. The van der Waals surface area contributed by atoms with Gasteiger partial charge in [-0.15, -0.1) is 22.7 Å². The molecule has 0 aliphatic carbocycles. The molecule has 0 atom stereocenters. The van der Waals surface area contributed by atoms with Gasteiger partial charge < -0.3 is 40.1 Å². The Bertz CT molecular complexity index is 4720. The van der Waals surface area contributed by atoms with E-state index in [1.807, 2.05) is 75.8 Å². The summed E-state index contributed by atoms with van der Waals surface area (Å²) in [6.07, 6.45) is 3.10. The molecule has 35 heteroatoms. The topological polar surface area (TPSA) is 288 Å². The van der Waals surface area contributed by atoms with Crippen LogP contribution < -0.4 is 57.0 Å². The summed E-state index contributed by atoms with van der Waals surface area (Å²) in [5.41, 5.74) is 31.2. The number of aryl methyl sites for hydroxylation is 1. The van der Waals surface area contributed by atoms with E-state index in [1.54, 1.807) is 12.1 Å². The van der Waals surface area contributed by atoms with Crippen LogP contribution in [0.4, 0.5) is 49.4 Å². The molecule has 9 heterocycles. The first-order chi connectivity index (χ1) is 52.6. The summed E-state index contributed by atoms with van der Waals surface area (Å²) in [6.45, 7) is 25.0. The van der Waals surface area contributed by atoms with Gasteiger partial charge >= 0.3 is 78.6 Å². The van der Waals surface area contributed by atoms with Gasteiger partial charge in [0.1, 0.15) is 40.2 Å². The van der Waals surface area contributed by atoms with Crippen molar-refractivity contribution in [3.63, 3.8) is 0 Å². The van der Waals surface area contributed by atoms with Gasteiger partial charge in [-0.25, -0.2) is 39.3 Å². The van der Waals surface area contributed by atoms with Crippen molar-refractivity contribution in [2.45, 2.75) is 158 Å². The van der Waals surface area contributed by atoms with E-state index < -0.39 is 43.1 Å². The van der Waals surface area contributed by atoms with Crippen molar-refractivity contribution in [2.24, 2.45) is 19.3 Å². The van der Waals surface area contributed by atoms with Gasteiger partial charge in [0, 0.05) is 123 Å². The molecule has 2 fully saturated rings. The number of carbonyl (C=O) groups is 4. The first kappa shape index (κ1) is 94.8. The Morgan fingerprint density at radius 3 is 1.49 bits per heavy atom. The smallest absolute Gasteiger partial charge is 1.00 e. The Morgan fingerprint density at radius 1 is 0.625 bits per heavy atom. The first-order valence-electron chi connectivity index (χ1n) is 34.8. The van der Waals surface area contributed by atoms with E-state index in [9.17, 15) is 45.5 Å². The molecule has 112 heavy (non-hydrogen) atoms. The number of nitrogen functional groups attached to an aromatic ring is 2. The zero-order valence-electron chi connectivity index (χ0n) is 64.0. The molecule has 5 aliphatic rings. The van der Waals surface area contributed by atoms with Gasteiger partial charge in [-0.2, -0.15) is 26.3 Å². The Kier molecular flexibility index (Phi) is 39.4. The molecule has 0 amide bonds. The number of nitrogens with zero attached hydrogens (tertiary/aromatic N) is 9. The van der Waals surface area contributed by atoms with Crippen molar-refractivity contribution in [3.8, 4) is 0 Å². The van der Waals surface area contributed by atoms with Gasteiger partial charge in [-0.3, -0.25) is 29.5 Å². The van der Waals surface area contributed by atoms with E-state index in [2.05, 4.69) is 193 Å². The van der Waals surface area contributed by atoms with Crippen LogP contribution in [0, 0.1) is 48.5 Å². The third-order valence-corrected chi connectivity index (χ3v) is 21.6. The summed E-state index contributed by atoms with van der Waals surface area (Å²) in [5, 5.41) is 11.4. The molecule has 5 aromatic carbocycles. The molecule has 588 valence electrons. The molecule has 2 saturated heterocycles. The number of nitrogens with one attached hydrogen (secondary N) is 3. The third kappa shape index (κ3) is 30.5. The van der Waals surface area contributed by atoms with E-state index >= 15 is 0 Å². The summed E-state index contributed by atoms with van der Waals surface area (Å²) >= 11 is 12.3. The van der Waals surface area contributed by atoms with Crippen molar-refractivity contribution < 1.29 is 89.5 Å². The summed E-state index contributed by atoms with van der Waals surface area (Å²) < 4.78 is 84.4. The van der Waals surface area contributed by atoms with Crippen LogP contribution in [-0.4, -0.2) is 134 Å². The van der Waals surface area contributed by atoms with Gasteiger partial charge in [0.25, 0.3) is 0 Å². The Labute approximate surface area is 702 Å². The molecule has 14 rings (SSSR count). The van der Waals surface area contributed by atoms with Crippen LogP contribution in [-0.2, 0) is 67.8 Å². The van der Waals surface area contributed by atoms with E-state index in [0.29, 0.717) is 38.1 Å². The average molecular weight is 1740 g/mol. The summed E-state index contributed by atoms with van der Waals surface area (Å²) in [4.78, 5) is 81.0. The maximum absolute atomic E-state index is 12.8. The number of fused-ring (bicyclic) bond motifs is 5. The molecule has 0 saturated carbocycles. The first-order valence-corrected chi connectivity index (χ1v) is 38.4. The summed E-state index contributed by atoms with van der Waals surface area (Å²) in [7, 11) is 8.66. The normalized spacial score (nSPS) is 13.5. The second-order valence-electron chi connectivity index (χ2n) is 25.9. The number of anilines is 4. The second kappa shape index (κ2) is 46.5. The second-order valence-corrected chi connectivity index (χ2v) is 30.0. The SMILES string of the molecule is CC(=O)OOC(C)=O.Cc1c(Br)ccc2c1C=NC2.Cc1c(C=O)ccc2c1C=NC2.Cc1c(CN2CCC(Nc3ncnc4sc(CC(F)(F)F)cc34)CC2)ccc2c1C=NC2.Cc1c(N)ccc(Br)c1C.Cc1cccc(N)c1C.FC(F)(F)Cc1cc2c(NC3CCNCC3)ncnc2s1.[B-]OC(C)=O.[B]=NS.[Na+]. The third-order valence-electron chi connectivity index (χ3n) is 17.8. The number of alkyl halides is 6. The van der Waals surface area contributed by atoms with Crippen molar-refractivity contribution in [2.75, 3.05) is 48.3 Å². The van der Waals surface area contributed by atoms with Crippen molar-refractivity contribution >= 4 is 169 Å². The number of likely N-dealkylation sites (tertiary alicyclic amines) is 1. The fourth-order valence-corrected chi connectivity index (χ4v) is 14.3. The van der Waals surface area contributed by atoms with Gasteiger partial charge in [0.05, 0.1) is 43.2 Å². The number of thiol groups is 1. The molecule has 4 radical (unpaired) electrons. The van der Waals surface area contributed by atoms with E-state index in [1.165, 1.54) is 85.2 Å². The van der Waals surface area contributed by atoms with Crippen molar-refractivity contribution in [1.82, 2.24) is 30.2 Å². The van der Waals surface area contributed by atoms with Crippen LogP contribution in [0.25, 0.3) is 20.4 Å². The zero-order valence-corrected chi connectivity index (χ0v) is 71.7. The van der Waals surface area contributed by atoms with Crippen LogP contribution in [0.1, 0.15) is 144 Å². The predicted molar refractivity (Wildman–Crippen MR) is 443 cm³/mol. The number of aliphatic imine (C=N–C) groups is 3. The largest absolute Gasteiger partial charge is 1.00 e. The van der Waals surface area contributed by atoms with Gasteiger partial charge in [-0.05, 0) is 185 Å². The number of thiophene rings is 2. The van der Waals surface area contributed by atoms with Crippen molar-refractivity contribution in [3.05, 3.63) is 194 Å². The van der Waals surface area contributed by atoms with Crippen LogP contribution in [0.2, 0.25) is 0 Å². The molecule has 9 aromatic rings. The Balaban J connectivity index is 0.000000244. The Morgan fingerprint density at radius 2 is 1.05 bits per heavy atom. The zero-order chi connectivity index (χ0) is 81.7. The van der Waals surface area contributed by atoms with E-state index in [0.717, 1.165) is 159 Å². The molecule has 4 aromatic heterocycles. The number of hydrogen-bond donors (Lipinski definition) is 6. The minimum atomic E-state index is -4.22. The van der Waals surface area contributed by atoms with Gasteiger partial charge in [0.15, 0.2) is 0 Å². The van der Waals surface area contributed by atoms with Gasteiger partial charge in [-0.1, -0.05) is 74.3 Å². The van der Waals surface area contributed by atoms with E-state index in [4.69, 9.17) is 11.5 Å². The summed E-state index contributed by atoms with van der Waals surface area (Å²) in [5.74, 6) is -0.478. The van der Waals surface area contributed by atoms with Crippen LogP contribution in [0.15, 0.2) is 120 Å². The maximum atomic E-state index is 12.8. The van der Waals surface area contributed by atoms with E-state index in [-0.39, 0.29) is 45.4 Å². The molecule has 0 bridgehead atoms. The number of hydrogen-bond acceptors (Lipinski definition) is 24. The van der Waals surface area contributed by atoms with Crippen molar-refractivity contribution in [1.29, 1.82) is 0 Å². The van der Waals surface area contributed by atoms with Gasteiger partial charge in [0.2, 0.25) is 5.97 Å². The Hall–Kier alpha value is -7.79. The number of aromatic nitrogens is 4. The number of rotatable bonds is 9. The minimum Gasteiger partial charge on any atom is 1.00 e. The summed E-state index contributed by atoms with van der Waals surface area (Å²) in [6, 6.07) is 25.9. The van der Waals surface area contributed by atoms with Crippen LogP contribution in [0.3, 0.4) is 0 Å². The number of halogens is 8. The fraction of sp³-hybridized carbons (Fsp3) is 0.364. The predicted octanol–water partition coefficient (Wildman–Crippen LogP) is 13.9. The molecular formula is C77H87B2Br2F6N14NaO7S3. The molecular weight excluding hydrogens is 1650 g/mol. The number of piperidine rings is 2. The molecule has 21 nitrogen and oxygen atoms in total. The quantitative estimate of drug-likeness (QED) is 0.0149. The number of benzene rings is 5. The van der Waals surface area contributed by atoms with Crippen LogP contribution >= 0.6 is 67.3 Å². The number of nitrogens with two attached hydrogens (primary N) is 2. The van der Waals surface area contributed by atoms with Crippen LogP contribution in [0.5, 0.6) is 0 Å². The molecule has 7 N–H and O–H groups in total. The average Bonchev–Trinajstić information content (AvgIpc) is 1.65. The molecule has 0 unspecified atom stereocenters. The molecule has 0 spiro atoms. The fourth-order valence-electron chi connectivity index (χ4n) is 11.5. The number of carbonyl (C=O) groups excluding carboxylic acids is 4. The standard InChI is InChI=1S/C23H24F3N5S.C13H15F3N4S.C10H9NO.C9H8BrN.C8H10BrN.C8H11N.C4H6O4.C2H3BO2.BHNS.Na/c1-14-16(3-2-15-10-27-11-20(14)15)12-31-6-4-17(5-7-31)30-21-19-8-18(9-23(24,25)26)32-22(19)29-13-28-21;14-13(15,16)6-9-5-10-11(18-7-19-12(10)21-9)20-8-1-3-17-4-2-8;1-7-9(6-12)3-2-8-4-11-5-10(7)8;1-6-8-5-11-4-7(8)2-3-9(6)10;1-5-6(2)8(10)4-3-7(5)9;1-6-4-3-5-8(9)7(6)2;1-3(5)7-8-4(2)6;1-2(4)5-3;1-2-3;/h2-3,8,11,13,17H,4-7,9-10,12H2,1H3,(H,28,29,30);5,7-8,17H,1-4,6H2,(H,18,19,20);2-3,5-6H,4H2,1H3;2-3,5H,4H2,1H3;3-4H,10H2,1-2H3;3-5H,9H2,1-2H3;1-2H3;1H3;3H;/q;;;;;;;-1;;+1. The maximum Gasteiger partial charge on any atom is 1.00 e.